The Morgan fingerprint density at radius 2 is 2.19 bits per heavy atom. The molecule has 1 saturated heterocycles. The molecule has 9 heteroatoms. The minimum atomic E-state index is -0.958. The van der Waals surface area contributed by atoms with Crippen molar-refractivity contribution in [3.05, 3.63) is 29.3 Å². The third-order valence-electron chi connectivity index (χ3n) is 4.23. The second kappa shape index (κ2) is 8.81. The Hall–Kier alpha value is -2.39. The van der Waals surface area contributed by atoms with Gasteiger partial charge in [-0.05, 0) is 30.8 Å². The molecular formula is C17H22N4O4S. The SMILES string of the molecule is O=C(O)NC1CN(CCCCCNC(=O)c2cc(-c3cccs3)on2)C1. The smallest absolute Gasteiger partial charge is 0.404 e. The second-order valence-corrected chi connectivity index (χ2v) is 7.22. The normalized spacial score (nSPS) is 14.8. The highest BCUT2D eigenvalue weighted by Crippen LogP contribution is 2.25. The van der Waals surface area contributed by atoms with Gasteiger partial charge in [0.15, 0.2) is 11.5 Å². The molecule has 0 aliphatic carbocycles. The van der Waals surface area contributed by atoms with E-state index in [1.165, 1.54) is 11.3 Å². The maximum Gasteiger partial charge on any atom is 0.404 e. The van der Waals surface area contributed by atoms with Crippen molar-refractivity contribution >= 4 is 23.3 Å². The summed E-state index contributed by atoms with van der Waals surface area (Å²) in [5, 5.41) is 19.7. The molecule has 0 bridgehead atoms. The van der Waals surface area contributed by atoms with Gasteiger partial charge in [-0.1, -0.05) is 17.6 Å². The largest absolute Gasteiger partial charge is 0.465 e. The number of likely N-dealkylation sites (tertiary alicyclic amines) is 1. The average Bonchev–Trinajstić information content (AvgIpc) is 3.25. The predicted molar refractivity (Wildman–Crippen MR) is 97.4 cm³/mol. The average molecular weight is 378 g/mol. The lowest BCUT2D eigenvalue weighted by Gasteiger charge is -2.38. The highest BCUT2D eigenvalue weighted by Gasteiger charge is 2.26. The molecule has 0 unspecified atom stereocenters. The molecule has 2 amide bonds. The van der Waals surface area contributed by atoms with Crippen LogP contribution >= 0.6 is 11.3 Å². The van der Waals surface area contributed by atoms with Gasteiger partial charge in [0.2, 0.25) is 0 Å². The number of carboxylic acid groups (broad SMARTS) is 1. The summed E-state index contributed by atoms with van der Waals surface area (Å²) >= 11 is 1.54. The van der Waals surface area contributed by atoms with Gasteiger partial charge in [0.05, 0.1) is 10.9 Å². The molecule has 1 aliphatic rings. The van der Waals surface area contributed by atoms with Gasteiger partial charge in [-0.3, -0.25) is 9.69 Å². The van der Waals surface area contributed by atoms with E-state index in [2.05, 4.69) is 20.7 Å². The molecule has 140 valence electrons. The summed E-state index contributed by atoms with van der Waals surface area (Å²) in [5.41, 5.74) is 0.297. The lowest BCUT2D eigenvalue weighted by molar-refractivity contribution is 0.0942. The fraction of sp³-hybridized carbons (Fsp3) is 0.471. The molecule has 3 N–H and O–H groups in total. The Balaban J connectivity index is 1.25. The van der Waals surface area contributed by atoms with Crippen LogP contribution in [-0.2, 0) is 0 Å². The molecular weight excluding hydrogens is 356 g/mol. The molecule has 8 nitrogen and oxygen atoms in total. The van der Waals surface area contributed by atoms with Gasteiger partial charge >= 0.3 is 6.09 Å². The van der Waals surface area contributed by atoms with Crippen molar-refractivity contribution < 1.29 is 19.2 Å². The minimum absolute atomic E-state index is 0.0633. The number of amides is 2. The third-order valence-corrected chi connectivity index (χ3v) is 5.11. The van der Waals surface area contributed by atoms with Gasteiger partial charge in [0.25, 0.3) is 5.91 Å². The maximum atomic E-state index is 12.1. The highest BCUT2D eigenvalue weighted by molar-refractivity contribution is 7.13. The van der Waals surface area contributed by atoms with E-state index in [-0.39, 0.29) is 11.9 Å². The number of nitrogens with zero attached hydrogens (tertiary/aromatic N) is 2. The van der Waals surface area contributed by atoms with Crippen LogP contribution in [0.25, 0.3) is 10.6 Å². The monoisotopic (exact) mass is 378 g/mol. The number of aromatic nitrogens is 1. The van der Waals surface area contributed by atoms with Crippen LogP contribution in [0.3, 0.4) is 0 Å². The Labute approximate surface area is 155 Å². The molecule has 3 heterocycles. The lowest BCUT2D eigenvalue weighted by atomic mass is 10.1. The Morgan fingerprint density at radius 1 is 1.35 bits per heavy atom. The van der Waals surface area contributed by atoms with Gasteiger partial charge in [0.1, 0.15) is 0 Å². The van der Waals surface area contributed by atoms with Crippen molar-refractivity contribution in [1.29, 1.82) is 0 Å². The van der Waals surface area contributed by atoms with Crippen molar-refractivity contribution in [2.24, 2.45) is 0 Å². The molecule has 1 aliphatic heterocycles. The van der Waals surface area contributed by atoms with E-state index >= 15 is 0 Å². The number of carbonyl (C=O) groups excluding carboxylic acids is 1. The minimum Gasteiger partial charge on any atom is -0.465 e. The van der Waals surface area contributed by atoms with E-state index in [9.17, 15) is 9.59 Å². The van der Waals surface area contributed by atoms with Crippen LogP contribution in [0.4, 0.5) is 4.79 Å². The number of unbranched alkanes of at least 4 members (excludes halogenated alkanes) is 2. The van der Waals surface area contributed by atoms with Crippen LogP contribution in [0.5, 0.6) is 0 Å². The van der Waals surface area contributed by atoms with Gasteiger partial charge in [-0.25, -0.2) is 4.79 Å². The fourth-order valence-corrected chi connectivity index (χ4v) is 3.54. The molecule has 3 rings (SSSR count). The molecule has 2 aromatic rings. The third kappa shape index (κ3) is 5.06. The molecule has 26 heavy (non-hydrogen) atoms. The topological polar surface area (TPSA) is 108 Å². The molecule has 0 aromatic carbocycles. The Kier molecular flexibility index (Phi) is 6.24. The zero-order valence-corrected chi connectivity index (χ0v) is 15.1. The first-order chi connectivity index (χ1) is 12.6. The van der Waals surface area contributed by atoms with Gasteiger partial charge in [-0.2, -0.15) is 0 Å². The summed E-state index contributed by atoms with van der Waals surface area (Å²) in [6.45, 7) is 3.12. The highest BCUT2D eigenvalue weighted by atomic mass is 32.1. The van der Waals surface area contributed by atoms with Gasteiger partial charge in [-0.15, -0.1) is 11.3 Å². The summed E-state index contributed by atoms with van der Waals surface area (Å²) in [6, 6.07) is 5.57. The van der Waals surface area contributed by atoms with E-state index in [1.807, 2.05) is 17.5 Å². The summed E-state index contributed by atoms with van der Waals surface area (Å²) in [5.74, 6) is 0.386. The summed E-state index contributed by atoms with van der Waals surface area (Å²) in [4.78, 5) is 25.7. The van der Waals surface area contributed by atoms with E-state index in [0.29, 0.717) is 18.0 Å². The van der Waals surface area contributed by atoms with Crippen molar-refractivity contribution in [2.75, 3.05) is 26.2 Å². The van der Waals surface area contributed by atoms with E-state index in [4.69, 9.17) is 9.63 Å². The number of rotatable bonds is 9. The molecule has 2 aromatic heterocycles. The van der Waals surface area contributed by atoms with E-state index in [1.54, 1.807) is 6.07 Å². The van der Waals surface area contributed by atoms with Crippen LogP contribution in [0.2, 0.25) is 0 Å². The Bertz CT molecular complexity index is 725. The second-order valence-electron chi connectivity index (χ2n) is 6.28. The standard InChI is InChI=1S/C17H22N4O4S/c22-16(13-9-14(25-20-13)15-5-4-8-26-15)18-6-2-1-3-7-21-10-12(11-21)19-17(23)24/h4-5,8-9,12,19H,1-3,6-7,10-11H2,(H,18,22)(H,23,24). The molecule has 0 saturated carbocycles. The fourth-order valence-electron chi connectivity index (χ4n) is 2.87. The molecule has 0 atom stereocenters. The number of carbonyl (C=O) groups is 2. The van der Waals surface area contributed by atoms with Crippen LogP contribution in [0, 0.1) is 0 Å². The lowest BCUT2D eigenvalue weighted by Crippen LogP contribution is -2.59. The summed E-state index contributed by atoms with van der Waals surface area (Å²) < 4.78 is 5.21. The number of hydrogen-bond acceptors (Lipinski definition) is 6. The van der Waals surface area contributed by atoms with Crippen LogP contribution in [0.1, 0.15) is 29.8 Å². The van der Waals surface area contributed by atoms with Crippen molar-refractivity contribution in [3.8, 4) is 10.6 Å². The maximum absolute atomic E-state index is 12.1. The first-order valence-corrected chi connectivity index (χ1v) is 9.50. The van der Waals surface area contributed by atoms with Gasteiger partial charge < -0.3 is 20.3 Å². The first kappa shape index (κ1) is 18.4. The molecule has 0 spiro atoms. The predicted octanol–water partition coefficient (Wildman–Crippen LogP) is 2.25. The van der Waals surface area contributed by atoms with E-state index in [0.717, 1.165) is 43.8 Å². The van der Waals surface area contributed by atoms with Crippen LogP contribution in [-0.4, -0.2) is 59.4 Å². The molecule has 1 fully saturated rings. The van der Waals surface area contributed by atoms with Crippen molar-refractivity contribution in [2.45, 2.75) is 25.3 Å². The van der Waals surface area contributed by atoms with Crippen LogP contribution < -0.4 is 10.6 Å². The van der Waals surface area contributed by atoms with Crippen molar-refractivity contribution in [3.63, 3.8) is 0 Å². The molecule has 0 radical (unpaired) electrons. The summed E-state index contributed by atoms with van der Waals surface area (Å²) in [6.07, 6.45) is 1.97. The number of nitrogens with one attached hydrogen (secondary N) is 2. The summed E-state index contributed by atoms with van der Waals surface area (Å²) in [7, 11) is 0. The number of hydrogen-bond donors (Lipinski definition) is 3. The zero-order chi connectivity index (χ0) is 18.4. The Morgan fingerprint density at radius 3 is 2.92 bits per heavy atom. The zero-order valence-electron chi connectivity index (χ0n) is 14.3. The van der Waals surface area contributed by atoms with Gasteiger partial charge in [0, 0.05) is 25.7 Å². The van der Waals surface area contributed by atoms with Crippen LogP contribution in [0.15, 0.2) is 28.1 Å². The van der Waals surface area contributed by atoms with Crippen molar-refractivity contribution in [1.82, 2.24) is 20.7 Å². The number of thiophene rings is 1. The first-order valence-electron chi connectivity index (χ1n) is 8.62. The van der Waals surface area contributed by atoms with E-state index < -0.39 is 6.09 Å². The quantitative estimate of drug-likeness (QED) is 0.578.